The minimum Gasteiger partial charge on any atom is -0.442 e. The van der Waals surface area contributed by atoms with Gasteiger partial charge in [0.15, 0.2) is 0 Å². The maximum Gasteiger partial charge on any atom is 0.414 e. The Morgan fingerprint density at radius 2 is 2.00 bits per heavy atom. The highest BCUT2D eigenvalue weighted by molar-refractivity contribution is 5.90. The van der Waals surface area contributed by atoms with Crippen LogP contribution in [0.3, 0.4) is 0 Å². The molecule has 1 aromatic rings. The lowest BCUT2D eigenvalue weighted by Gasteiger charge is -2.27. The van der Waals surface area contributed by atoms with Crippen molar-refractivity contribution in [2.45, 2.75) is 13.0 Å². The van der Waals surface area contributed by atoms with E-state index in [9.17, 15) is 9.59 Å². The Labute approximate surface area is 140 Å². The van der Waals surface area contributed by atoms with Crippen LogP contribution in [0, 0.1) is 0 Å². The zero-order chi connectivity index (χ0) is 17.1. The van der Waals surface area contributed by atoms with Gasteiger partial charge in [-0.15, -0.1) is 0 Å². The van der Waals surface area contributed by atoms with E-state index in [2.05, 4.69) is 15.3 Å². The maximum atomic E-state index is 12.0. The van der Waals surface area contributed by atoms with Gasteiger partial charge in [0, 0.05) is 31.9 Å². The van der Waals surface area contributed by atoms with E-state index in [4.69, 9.17) is 4.74 Å². The van der Waals surface area contributed by atoms with Crippen molar-refractivity contribution in [3.05, 3.63) is 24.3 Å². The van der Waals surface area contributed by atoms with Gasteiger partial charge in [-0.3, -0.25) is 14.7 Å². The fourth-order valence-electron chi connectivity index (χ4n) is 2.63. The zero-order valence-electron chi connectivity index (χ0n) is 13.8. The summed E-state index contributed by atoms with van der Waals surface area (Å²) >= 11 is 0. The van der Waals surface area contributed by atoms with Crippen molar-refractivity contribution < 1.29 is 14.3 Å². The largest absolute Gasteiger partial charge is 0.442 e. The van der Waals surface area contributed by atoms with Crippen LogP contribution in [-0.2, 0) is 9.53 Å². The van der Waals surface area contributed by atoms with E-state index in [0.717, 1.165) is 24.5 Å². The van der Waals surface area contributed by atoms with E-state index in [1.54, 1.807) is 11.2 Å². The maximum absolute atomic E-state index is 12.0. The third kappa shape index (κ3) is 3.58. The summed E-state index contributed by atoms with van der Waals surface area (Å²) in [6, 6.07) is 7.70. The second-order valence-corrected chi connectivity index (χ2v) is 5.88. The normalized spacial score (nSPS) is 20.3. The van der Waals surface area contributed by atoms with Gasteiger partial charge >= 0.3 is 6.09 Å². The number of hydrogen-bond donors (Lipinski definition) is 1. The SMILES string of the molecule is CC(=O)NCC1CN(c2ccc(N3C=NN(C)CC3)cc2)C(=O)O1. The molecule has 1 aromatic carbocycles. The number of cyclic esters (lactones) is 1. The number of nitrogens with zero attached hydrogens (tertiary/aromatic N) is 4. The highest BCUT2D eigenvalue weighted by atomic mass is 16.6. The summed E-state index contributed by atoms with van der Waals surface area (Å²) in [5, 5.41) is 8.82. The smallest absolute Gasteiger partial charge is 0.414 e. The molecule has 1 unspecified atom stereocenters. The molecule has 2 aliphatic heterocycles. The third-order valence-corrected chi connectivity index (χ3v) is 4.00. The van der Waals surface area contributed by atoms with Crippen molar-refractivity contribution in [1.29, 1.82) is 0 Å². The molecule has 24 heavy (non-hydrogen) atoms. The number of amides is 2. The van der Waals surface area contributed by atoms with Gasteiger partial charge in [0.1, 0.15) is 12.4 Å². The van der Waals surface area contributed by atoms with Gasteiger partial charge < -0.3 is 15.0 Å². The molecule has 2 heterocycles. The molecular weight excluding hydrogens is 310 g/mol. The predicted octanol–water partition coefficient (Wildman–Crippen LogP) is 0.843. The topological polar surface area (TPSA) is 77.5 Å². The first-order valence-electron chi connectivity index (χ1n) is 7.87. The Hall–Kier alpha value is -2.77. The van der Waals surface area contributed by atoms with E-state index in [1.165, 1.54) is 6.92 Å². The average Bonchev–Trinajstić information content (AvgIpc) is 2.95. The molecule has 1 N–H and O–H groups in total. The zero-order valence-corrected chi connectivity index (χ0v) is 13.8. The molecule has 128 valence electrons. The summed E-state index contributed by atoms with van der Waals surface area (Å²) < 4.78 is 5.27. The number of nitrogens with one attached hydrogen (secondary N) is 1. The number of likely N-dealkylation sites (N-methyl/N-ethyl adjacent to an activating group) is 1. The van der Waals surface area contributed by atoms with Gasteiger partial charge in [0.25, 0.3) is 0 Å². The number of anilines is 2. The highest BCUT2D eigenvalue weighted by Gasteiger charge is 2.32. The van der Waals surface area contributed by atoms with E-state index in [-0.39, 0.29) is 18.1 Å². The van der Waals surface area contributed by atoms with Crippen LogP contribution >= 0.6 is 0 Å². The lowest BCUT2D eigenvalue weighted by Crippen LogP contribution is -2.36. The van der Waals surface area contributed by atoms with E-state index >= 15 is 0 Å². The van der Waals surface area contributed by atoms with Gasteiger partial charge in [-0.25, -0.2) is 4.79 Å². The molecule has 8 nitrogen and oxygen atoms in total. The summed E-state index contributed by atoms with van der Waals surface area (Å²) in [7, 11) is 1.94. The third-order valence-electron chi connectivity index (χ3n) is 4.00. The summed E-state index contributed by atoms with van der Waals surface area (Å²) in [6.45, 7) is 3.92. The van der Waals surface area contributed by atoms with Crippen LogP contribution in [0.1, 0.15) is 6.92 Å². The van der Waals surface area contributed by atoms with Gasteiger partial charge in [0.05, 0.1) is 19.6 Å². The van der Waals surface area contributed by atoms with Crippen molar-refractivity contribution >= 4 is 29.7 Å². The van der Waals surface area contributed by atoms with Crippen molar-refractivity contribution in [2.75, 3.05) is 43.0 Å². The molecule has 2 amide bonds. The number of hydrogen-bond acceptors (Lipinski definition) is 6. The van der Waals surface area contributed by atoms with E-state index in [0.29, 0.717) is 13.1 Å². The number of carbonyl (C=O) groups excluding carboxylic acids is 2. The average molecular weight is 331 g/mol. The van der Waals surface area contributed by atoms with E-state index in [1.807, 2.05) is 36.3 Å². The van der Waals surface area contributed by atoms with Crippen LogP contribution in [0.2, 0.25) is 0 Å². The van der Waals surface area contributed by atoms with Gasteiger partial charge in [-0.2, -0.15) is 5.10 Å². The molecule has 0 radical (unpaired) electrons. The van der Waals surface area contributed by atoms with Gasteiger partial charge in [-0.1, -0.05) is 0 Å². The quantitative estimate of drug-likeness (QED) is 0.885. The molecule has 2 aliphatic rings. The fourth-order valence-corrected chi connectivity index (χ4v) is 2.63. The first-order chi connectivity index (χ1) is 11.5. The Morgan fingerprint density at radius 1 is 1.29 bits per heavy atom. The van der Waals surface area contributed by atoms with Crippen LogP contribution in [0.4, 0.5) is 16.2 Å². The number of benzene rings is 1. The first kappa shape index (κ1) is 16.1. The van der Waals surface area contributed by atoms with Crippen molar-refractivity contribution in [1.82, 2.24) is 10.3 Å². The van der Waals surface area contributed by atoms with E-state index < -0.39 is 0 Å². The summed E-state index contributed by atoms with van der Waals surface area (Å²) in [5.41, 5.74) is 1.80. The summed E-state index contributed by atoms with van der Waals surface area (Å²) in [5.74, 6) is -0.136. The lowest BCUT2D eigenvalue weighted by molar-refractivity contribution is -0.119. The molecule has 0 bridgehead atoms. The van der Waals surface area contributed by atoms with Crippen LogP contribution in [0.25, 0.3) is 0 Å². The minimum atomic E-state index is -0.390. The number of rotatable bonds is 4. The molecular formula is C16H21N5O3. The second-order valence-electron chi connectivity index (χ2n) is 5.88. The van der Waals surface area contributed by atoms with Crippen molar-refractivity contribution in [3.63, 3.8) is 0 Å². The Bertz CT molecular complexity index is 646. The Morgan fingerprint density at radius 3 is 2.62 bits per heavy atom. The number of carbonyl (C=O) groups is 2. The monoisotopic (exact) mass is 331 g/mol. The first-order valence-corrected chi connectivity index (χ1v) is 7.87. The minimum absolute atomic E-state index is 0.136. The second kappa shape index (κ2) is 6.77. The van der Waals surface area contributed by atoms with Crippen LogP contribution in [0.5, 0.6) is 0 Å². The summed E-state index contributed by atoms with van der Waals surface area (Å²) in [4.78, 5) is 26.6. The fraction of sp³-hybridized carbons (Fsp3) is 0.438. The van der Waals surface area contributed by atoms with Gasteiger partial charge in [0.2, 0.25) is 5.91 Å². The lowest BCUT2D eigenvalue weighted by atomic mass is 10.2. The molecule has 1 saturated heterocycles. The number of ether oxygens (including phenoxy) is 1. The van der Waals surface area contributed by atoms with Crippen LogP contribution in [0.15, 0.2) is 29.4 Å². The standard InChI is InChI=1S/C16H21N5O3/c1-12(22)17-9-15-10-21(16(23)24-15)14-5-3-13(4-6-14)20-8-7-19(2)18-11-20/h3-6,11,15H,7-10H2,1-2H3,(H,17,22). The van der Waals surface area contributed by atoms with Crippen LogP contribution < -0.4 is 15.1 Å². The molecule has 0 saturated carbocycles. The Kier molecular flexibility index (Phi) is 4.54. The van der Waals surface area contributed by atoms with Crippen LogP contribution in [-0.4, -0.2) is 62.7 Å². The summed E-state index contributed by atoms with van der Waals surface area (Å²) in [6.07, 6.45) is 1.08. The molecule has 1 fully saturated rings. The molecule has 0 spiro atoms. The molecule has 0 aromatic heterocycles. The molecule has 1 atom stereocenters. The van der Waals surface area contributed by atoms with Crippen molar-refractivity contribution in [3.8, 4) is 0 Å². The van der Waals surface area contributed by atoms with Gasteiger partial charge in [-0.05, 0) is 24.3 Å². The number of hydrazone groups is 1. The highest BCUT2D eigenvalue weighted by Crippen LogP contribution is 2.25. The van der Waals surface area contributed by atoms with Crippen molar-refractivity contribution in [2.24, 2.45) is 5.10 Å². The molecule has 3 rings (SSSR count). The Balaban J connectivity index is 1.64. The molecule has 8 heteroatoms. The predicted molar refractivity (Wildman–Crippen MR) is 91.2 cm³/mol. The molecule has 0 aliphatic carbocycles.